The fraction of sp³-hybridized carbons (Fsp3) is 0.222. The van der Waals surface area contributed by atoms with E-state index in [-0.39, 0.29) is 5.91 Å². The van der Waals surface area contributed by atoms with E-state index in [1.54, 1.807) is 7.11 Å². The van der Waals surface area contributed by atoms with E-state index in [0.29, 0.717) is 37.6 Å². The Bertz CT molecular complexity index is 1620. The molecule has 0 unspecified atom stereocenters. The summed E-state index contributed by atoms with van der Waals surface area (Å²) >= 11 is 0. The lowest BCUT2D eigenvalue weighted by molar-refractivity contribution is -0.120. The van der Waals surface area contributed by atoms with Crippen molar-refractivity contribution in [2.75, 3.05) is 20.3 Å². The van der Waals surface area contributed by atoms with Crippen molar-refractivity contribution in [1.29, 1.82) is 0 Å². The number of hydrogen-bond donors (Lipinski definition) is 1. The van der Waals surface area contributed by atoms with Crippen molar-refractivity contribution in [3.63, 3.8) is 0 Å². The Kier molecular flexibility index (Phi) is 9.68. The summed E-state index contributed by atoms with van der Waals surface area (Å²) in [4.78, 5) is 17.5. The minimum atomic E-state index is 0.0254. The molecular weight excluding hydrogens is 522 g/mol. The summed E-state index contributed by atoms with van der Waals surface area (Å²) in [6, 6.07) is 32.5. The van der Waals surface area contributed by atoms with Gasteiger partial charge in [0.25, 0.3) is 0 Å². The lowest BCUT2D eigenvalue weighted by atomic mass is 10.0. The maximum atomic E-state index is 12.6. The summed E-state index contributed by atoms with van der Waals surface area (Å²) in [7, 11) is 1.65. The second-order valence-corrected chi connectivity index (χ2v) is 10.2. The molecule has 1 amide bonds. The van der Waals surface area contributed by atoms with Crippen LogP contribution in [0.3, 0.4) is 0 Å². The van der Waals surface area contributed by atoms with Crippen molar-refractivity contribution >= 4 is 16.9 Å². The van der Waals surface area contributed by atoms with Gasteiger partial charge in [-0.2, -0.15) is 0 Å². The molecule has 0 radical (unpaired) electrons. The molecule has 0 saturated heterocycles. The highest BCUT2D eigenvalue weighted by Crippen LogP contribution is 2.28. The maximum absolute atomic E-state index is 12.6. The van der Waals surface area contributed by atoms with Gasteiger partial charge in [-0.15, -0.1) is 6.58 Å². The van der Waals surface area contributed by atoms with Crippen LogP contribution in [-0.4, -0.2) is 35.7 Å². The molecule has 0 aliphatic carbocycles. The molecule has 214 valence electrons. The number of para-hydroxylation sites is 2. The third kappa shape index (κ3) is 7.26. The van der Waals surface area contributed by atoms with Crippen LogP contribution in [0.15, 0.2) is 110 Å². The van der Waals surface area contributed by atoms with E-state index >= 15 is 0 Å². The Morgan fingerprint density at radius 3 is 2.43 bits per heavy atom. The lowest BCUT2D eigenvalue weighted by Crippen LogP contribution is -2.26. The van der Waals surface area contributed by atoms with Crippen LogP contribution in [0.25, 0.3) is 22.2 Å². The van der Waals surface area contributed by atoms with Crippen LogP contribution in [0.5, 0.6) is 11.5 Å². The van der Waals surface area contributed by atoms with Crippen LogP contribution in [0, 0.1) is 0 Å². The molecule has 0 spiro atoms. The first kappa shape index (κ1) is 28.7. The van der Waals surface area contributed by atoms with Crippen molar-refractivity contribution in [1.82, 2.24) is 14.9 Å². The highest BCUT2D eigenvalue weighted by molar-refractivity contribution is 5.79. The number of carbonyl (C=O) groups is 1. The number of aryl methyl sites for hydroxylation is 1. The fourth-order valence-electron chi connectivity index (χ4n) is 5.11. The zero-order valence-corrected chi connectivity index (χ0v) is 24.1. The first-order valence-corrected chi connectivity index (χ1v) is 14.4. The number of imidazole rings is 1. The lowest BCUT2D eigenvalue weighted by Gasteiger charge is -2.14. The van der Waals surface area contributed by atoms with Crippen molar-refractivity contribution in [2.24, 2.45) is 0 Å². The molecule has 42 heavy (non-hydrogen) atoms. The first-order chi connectivity index (χ1) is 20.6. The van der Waals surface area contributed by atoms with Crippen LogP contribution in [0.1, 0.15) is 23.4 Å². The second-order valence-electron chi connectivity index (χ2n) is 10.2. The monoisotopic (exact) mass is 559 g/mol. The molecule has 1 N–H and O–H groups in total. The van der Waals surface area contributed by atoms with Crippen molar-refractivity contribution < 1.29 is 14.3 Å². The number of nitrogens with one attached hydrogen (secondary N) is 1. The molecule has 0 aliphatic heterocycles. The zero-order chi connectivity index (χ0) is 29.1. The average molecular weight is 560 g/mol. The Morgan fingerprint density at radius 2 is 1.64 bits per heavy atom. The van der Waals surface area contributed by atoms with Crippen LogP contribution in [0.2, 0.25) is 0 Å². The third-order valence-electron chi connectivity index (χ3n) is 7.24. The number of rotatable bonds is 14. The van der Waals surface area contributed by atoms with E-state index in [0.717, 1.165) is 52.8 Å². The number of benzene rings is 4. The quantitative estimate of drug-likeness (QED) is 0.120. The molecule has 0 atom stereocenters. The topological polar surface area (TPSA) is 65.4 Å². The molecule has 0 aliphatic rings. The predicted octanol–water partition coefficient (Wildman–Crippen LogP) is 6.81. The van der Waals surface area contributed by atoms with Gasteiger partial charge < -0.3 is 19.4 Å². The second kappa shape index (κ2) is 14.2. The number of aromatic nitrogens is 2. The van der Waals surface area contributed by atoms with Gasteiger partial charge in [0.15, 0.2) is 11.5 Å². The summed E-state index contributed by atoms with van der Waals surface area (Å²) < 4.78 is 13.9. The smallest absolute Gasteiger partial charge is 0.224 e. The van der Waals surface area contributed by atoms with Gasteiger partial charge in [0.05, 0.1) is 31.1 Å². The van der Waals surface area contributed by atoms with Gasteiger partial charge >= 0.3 is 0 Å². The largest absolute Gasteiger partial charge is 0.493 e. The Labute approximate surface area is 247 Å². The molecule has 1 aromatic heterocycles. The number of allylic oxidation sites excluding steroid dienone is 1. The van der Waals surface area contributed by atoms with Gasteiger partial charge in [0.2, 0.25) is 5.91 Å². The summed E-state index contributed by atoms with van der Waals surface area (Å²) in [6.07, 6.45) is 4.56. The highest BCUT2D eigenvalue weighted by atomic mass is 16.5. The average Bonchev–Trinajstić information content (AvgIpc) is 3.38. The van der Waals surface area contributed by atoms with E-state index in [2.05, 4.69) is 46.8 Å². The van der Waals surface area contributed by atoms with E-state index in [1.807, 2.05) is 72.8 Å². The zero-order valence-electron chi connectivity index (χ0n) is 24.1. The van der Waals surface area contributed by atoms with E-state index in [9.17, 15) is 4.79 Å². The standard InChI is InChI=1S/C36H37N3O3/c1-3-10-27-18-21-33(34(25-27)41-2)42-24-23-39-32-14-8-7-13-31(32)38-35(39)15-9-22-37-36(40)26-28-16-19-30(20-17-28)29-11-5-4-6-12-29/h3-8,11-14,16-21,25H,1,9-10,15,22-24,26H2,2H3,(H,37,40). The van der Waals surface area contributed by atoms with Gasteiger partial charge in [0, 0.05) is 13.0 Å². The van der Waals surface area contributed by atoms with Crippen LogP contribution in [-0.2, 0) is 30.6 Å². The number of ether oxygens (including phenoxy) is 2. The normalized spacial score (nSPS) is 10.9. The number of nitrogens with zero attached hydrogens (tertiary/aromatic N) is 2. The van der Waals surface area contributed by atoms with Crippen LogP contribution in [0.4, 0.5) is 0 Å². The maximum Gasteiger partial charge on any atom is 0.224 e. The summed E-state index contributed by atoms with van der Waals surface area (Å²) in [5, 5.41) is 3.07. The minimum absolute atomic E-state index is 0.0254. The van der Waals surface area contributed by atoms with Gasteiger partial charge in [0.1, 0.15) is 12.4 Å². The summed E-state index contributed by atoms with van der Waals surface area (Å²) in [5.74, 6) is 2.44. The molecule has 1 heterocycles. The molecule has 5 rings (SSSR count). The Hall–Kier alpha value is -4.84. The Morgan fingerprint density at radius 1 is 0.905 bits per heavy atom. The molecule has 4 aromatic carbocycles. The van der Waals surface area contributed by atoms with E-state index in [1.165, 1.54) is 5.56 Å². The van der Waals surface area contributed by atoms with Gasteiger partial charge in [-0.25, -0.2) is 4.98 Å². The molecule has 6 nitrogen and oxygen atoms in total. The summed E-state index contributed by atoms with van der Waals surface area (Å²) in [6.45, 7) is 5.53. The molecule has 0 saturated carbocycles. The van der Waals surface area contributed by atoms with Gasteiger partial charge in [-0.05, 0) is 59.4 Å². The Balaban J connectivity index is 1.14. The van der Waals surface area contributed by atoms with Crippen molar-refractivity contribution in [3.05, 3.63) is 127 Å². The van der Waals surface area contributed by atoms with Crippen LogP contribution >= 0.6 is 0 Å². The minimum Gasteiger partial charge on any atom is -0.493 e. The molecular formula is C36H37N3O3. The predicted molar refractivity (Wildman–Crippen MR) is 169 cm³/mol. The molecule has 6 heteroatoms. The van der Waals surface area contributed by atoms with Crippen molar-refractivity contribution in [2.45, 2.75) is 32.2 Å². The van der Waals surface area contributed by atoms with Gasteiger partial charge in [-0.3, -0.25) is 4.79 Å². The molecule has 5 aromatic rings. The number of hydrogen-bond acceptors (Lipinski definition) is 4. The number of fused-ring (bicyclic) bond motifs is 1. The van der Waals surface area contributed by atoms with Gasteiger partial charge in [-0.1, -0.05) is 78.9 Å². The fourth-order valence-corrected chi connectivity index (χ4v) is 5.11. The van der Waals surface area contributed by atoms with Crippen molar-refractivity contribution in [3.8, 4) is 22.6 Å². The van der Waals surface area contributed by atoms with E-state index in [4.69, 9.17) is 14.5 Å². The highest BCUT2D eigenvalue weighted by Gasteiger charge is 2.12. The number of amides is 1. The number of methoxy groups -OCH3 is 1. The SMILES string of the molecule is C=CCc1ccc(OCCn2c(CCCNC(=O)Cc3ccc(-c4ccccc4)cc3)nc3ccccc32)c(OC)c1. The molecule has 0 fully saturated rings. The number of carbonyl (C=O) groups excluding carboxylic acids is 1. The first-order valence-electron chi connectivity index (χ1n) is 14.4. The molecule has 0 bridgehead atoms. The van der Waals surface area contributed by atoms with Crippen LogP contribution < -0.4 is 14.8 Å². The van der Waals surface area contributed by atoms with E-state index < -0.39 is 0 Å². The third-order valence-corrected chi connectivity index (χ3v) is 7.24. The summed E-state index contributed by atoms with van der Waals surface area (Å²) in [5.41, 5.74) is 6.48.